The van der Waals surface area contributed by atoms with E-state index < -0.39 is 0 Å². The van der Waals surface area contributed by atoms with Crippen LogP contribution in [0.25, 0.3) is 0 Å². The third-order valence-corrected chi connectivity index (χ3v) is 0.725. The summed E-state index contributed by atoms with van der Waals surface area (Å²) in [5, 5.41) is 0. The molecule has 0 saturated heterocycles. The minimum atomic E-state index is 0. The van der Waals surface area contributed by atoms with Crippen molar-refractivity contribution in [1.82, 2.24) is 9.97 Å². The molecule has 4 nitrogen and oxygen atoms in total. The number of hydrogen-bond acceptors (Lipinski definition) is 3. The standard InChI is InChI=1S/C5H6N2O.Na.H2O/c1-8-5-6-3-2-4-7-5;;/h2-4H,1H3;;1H2. The molecule has 0 amide bonds. The molecule has 0 bridgehead atoms. The maximum absolute atomic E-state index is 4.69. The van der Waals surface area contributed by atoms with Gasteiger partial charge < -0.3 is 10.2 Å². The maximum Gasteiger partial charge on any atom is 0.315 e. The van der Waals surface area contributed by atoms with Gasteiger partial charge in [0.25, 0.3) is 0 Å². The Hall–Kier alpha value is -0.160. The Morgan fingerprint density at radius 2 is 1.80 bits per heavy atom. The molecule has 1 aromatic rings. The molecular weight excluding hydrogens is 143 g/mol. The Balaban J connectivity index is 0. The van der Waals surface area contributed by atoms with E-state index in [0.717, 1.165) is 0 Å². The van der Waals surface area contributed by atoms with Crippen molar-refractivity contribution in [2.45, 2.75) is 0 Å². The average molecular weight is 151 g/mol. The monoisotopic (exact) mass is 151 g/mol. The molecular formula is C5H8N2NaO2. The zero-order chi connectivity index (χ0) is 5.82. The summed E-state index contributed by atoms with van der Waals surface area (Å²) in [6.45, 7) is 0. The Labute approximate surface area is 81.2 Å². The van der Waals surface area contributed by atoms with Gasteiger partial charge in [-0.25, -0.2) is 9.97 Å². The van der Waals surface area contributed by atoms with E-state index in [1.807, 2.05) is 0 Å². The third-order valence-electron chi connectivity index (χ3n) is 0.725. The zero-order valence-corrected chi connectivity index (χ0v) is 8.03. The topological polar surface area (TPSA) is 66.5 Å². The molecule has 2 N–H and O–H groups in total. The van der Waals surface area contributed by atoms with E-state index in [0.29, 0.717) is 6.01 Å². The second-order valence-corrected chi connectivity index (χ2v) is 1.24. The van der Waals surface area contributed by atoms with E-state index in [9.17, 15) is 0 Å². The molecule has 0 aliphatic carbocycles. The summed E-state index contributed by atoms with van der Waals surface area (Å²) in [5.74, 6) is 0. The number of hydrogen-bond donors (Lipinski definition) is 0. The van der Waals surface area contributed by atoms with E-state index in [-0.39, 0.29) is 35.0 Å². The molecule has 0 aromatic carbocycles. The van der Waals surface area contributed by atoms with Gasteiger partial charge in [0.15, 0.2) is 0 Å². The minimum Gasteiger partial charge on any atom is -0.467 e. The summed E-state index contributed by atoms with van der Waals surface area (Å²) in [5.41, 5.74) is 0. The number of aromatic nitrogens is 2. The summed E-state index contributed by atoms with van der Waals surface area (Å²) >= 11 is 0. The van der Waals surface area contributed by atoms with Crippen LogP contribution in [-0.4, -0.2) is 52.1 Å². The third kappa shape index (κ3) is 3.79. The summed E-state index contributed by atoms with van der Waals surface area (Å²) in [7, 11) is 1.54. The number of methoxy groups -OCH3 is 1. The first-order valence-electron chi connectivity index (χ1n) is 2.24. The molecule has 0 atom stereocenters. The van der Waals surface area contributed by atoms with Gasteiger partial charge >= 0.3 is 6.01 Å². The molecule has 0 saturated carbocycles. The number of ether oxygens (including phenoxy) is 1. The molecule has 0 aliphatic heterocycles. The Morgan fingerprint density at radius 1 is 1.30 bits per heavy atom. The van der Waals surface area contributed by atoms with Gasteiger partial charge in [0, 0.05) is 42.0 Å². The summed E-state index contributed by atoms with van der Waals surface area (Å²) in [6.07, 6.45) is 3.26. The molecule has 5 heteroatoms. The van der Waals surface area contributed by atoms with Gasteiger partial charge in [-0.2, -0.15) is 0 Å². The van der Waals surface area contributed by atoms with Crippen LogP contribution in [0, 0.1) is 0 Å². The fourth-order valence-electron chi connectivity index (χ4n) is 0.391. The van der Waals surface area contributed by atoms with Crippen LogP contribution in [-0.2, 0) is 0 Å². The second kappa shape index (κ2) is 6.95. The molecule has 1 aromatic heterocycles. The first-order valence-corrected chi connectivity index (χ1v) is 2.24. The van der Waals surface area contributed by atoms with Crippen LogP contribution < -0.4 is 4.74 Å². The van der Waals surface area contributed by atoms with Crippen molar-refractivity contribution < 1.29 is 10.2 Å². The second-order valence-electron chi connectivity index (χ2n) is 1.24. The first-order chi connectivity index (χ1) is 3.93. The van der Waals surface area contributed by atoms with Crippen molar-refractivity contribution in [2.75, 3.05) is 7.11 Å². The predicted molar refractivity (Wildman–Crippen MR) is 38.0 cm³/mol. The van der Waals surface area contributed by atoms with E-state index >= 15 is 0 Å². The molecule has 0 unspecified atom stereocenters. The van der Waals surface area contributed by atoms with Gasteiger partial charge in [-0.1, -0.05) is 0 Å². The van der Waals surface area contributed by atoms with Crippen LogP contribution in [0.15, 0.2) is 18.5 Å². The van der Waals surface area contributed by atoms with Crippen LogP contribution in [0.3, 0.4) is 0 Å². The average Bonchev–Trinajstić information content (AvgIpc) is 1.90. The molecule has 0 fully saturated rings. The van der Waals surface area contributed by atoms with Gasteiger partial charge in [0.05, 0.1) is 7.11 Å². The zero-order valence-electron chi connectivity index (χ0n) is 6.03. The molecule has 1 rings (SSSR count). The molecule has 51 valence electrons. The Kier molecular flexibility index (Phi) is 8.70. The molecule has 1 heterocycles. The summed E-state index contributed by atoms with van der Waals surface area (Å²) in [6, 6.07) is 2.15. The Bertz CT molecular complexity index is 159. The van der Waals surface area contributed by atoms with Gasteiger partial charge in [-0.05, 0) is 6.07 Å². The largest absolute Gasteiger partial charge is 0.467 e. The minimum absolute atomic E-state index is 0. The van der Waals surface area contributed by atoms with Gasteiger partial charge in [-0.3, -0.25) is 0 Å². The fraction of sp³-hybridized carbons (Fsp3) is 0.200. The van der Waals surface area contributed by atoms with E-state index in [1.165, 1.54) is 7.11 Å². The van der Waals surface area contributed by atoms with Crippen LogP contribution in [0.4, 0.5) is 0 Å². The predicted octanol–water partition coefficient (Wildman–Crippen LogP) is -0.720. The van der Waals surface area contributed by atoms with Crippen LogP contribution in [0.5, 0.6) is 6.01 Å². The maximum atomic E-state index is 4.69. The van der Waals surface area contributed by atoms with Crippen LogP contribution in [0.2, 0.25) is 0 Å². The number of nitrogens with zero attached hydrogens (tertiary/aromatic N) is 2. The van der Waals surface area contributed by atoms with Crippen molar-refractivity contribution >= 4 is 29.6 Å². The van der Waals surface area contributed by atoms with Gasteiger partial charge in [0.1, 0.15) is 0 Å². The van der Waals surface area contributed by atoms with E-state index in [1.54, 1.807) is 18.5 Å². The normalized spacial score (nSPS) is 6.90. The van der Waals surface area contributed by atoms with Crippen molar-refractivity contribution in [2.24, 2.45) is 0 Å². The van der Waals surface area contributed by atoms with Gasteiger partial charge in [0.2, 0.25) is 0 Å². The van der Waals surface area contributed by atoms with Crippen molar-refractivity contribution in [1.29, 1.82) is 0 Å². The molecule has 1 radical (unpaired) electrons. The molecule has 10 heavy (non-hydrogen) atoms. The first kappa shape index (κ1) is 12.5. The SMILES string of the molecule is COc1ncccn1.O.[Na]. The fourth-order valence-corrected chi connectivity index (χ4v) is 0.391. The van der Waals surface area contributed by atoms with Crippen LogP contribution in [0.1, 0.15) is 0 Å². The van der Waals surface area contributed by atoms with Crippen molar-refractivity contribution in [3.63, 3.8) is 0 Å². The number of rotatable bonds is 1. The quantitative estimate of drug-likeness (QED) is 0.497. The molecule has 0 aliphatic rings. The van der Waals surface area contributed by atoms with Crippen molar-refractivity contribution in [3.8, 4) is 6.01 Å². The smallest absolute Gasteiger partial charge is 0.315 e. The van der Waals surface area contributed by atoms with Crippen molar-refractivity contribution in [3.05, 3.63) is 18.5 Å². The van der Waals surface area contributed by atoms with Gasteiger partial charge in [-0.15, -0.1) is 0 Å². The van der Waals surface area contributed by atoms with E-state index in [4.69, 9.17) is 4.74 Å². The molecule has 0 spiro atoms. The van der Waals surface area contributed by atoms with E-state index in [2.05, 4.69) is 9.97 Å². The summed E-state index contributed by atoms with van der Waals surface area (Å²) < 4.78 is 4.69. The van der Waals surface area contributed by atoms with Crippen LogP contribution >= 0.6 is 0 Å². The summed E-state index contributed by atoms with van der Waals surface area (Å²) in [4.78, 5) is 7.53. The Morgan fingerprint density at radius 3 is 2.10 bits per heavy atom.